The Hall–Kier alpha value is -1.94. The van der Waals surface area contributed by atoms with E-state index < -0.39 is 0 Å². The van der Waals surface area contributed by atoms with Gasteiger partial charge in [-0.2, -0.15) is 0 Å². The fraction of sp³-hybridized carbons (Fsp3) is 0.294. The molecule has 3 nitrogen and oxygen atoms in total. The van der Waals surface area contributed by atoms with Gasteiger partial charge in [-0.25, -0.2) is 9.78 Å². The molecule has 2 aromatic rings. The van der Waals surface area contributed by atoms with Gasteiger partial charge in [0.15, 0.2) is 0 Å². The van der Waals surface area contributed by atoms with Gasteiger partial charge in [0.2, 0.25) is 0 Å². The Morgan fingerprint density at radius 3 is 2.71 bits per heavy atom. The summed E-state index contributed by atoms with van der Waals surface area (Å²) in [4.78, 5) is 15.9. The third-order valence-electron chi connectivity index (χ3n) is 2.98. The van der Waals surface area contributed by atoms with Crippen LogP contribution >= 0.6 is 11.3 Å². The van der Waals surface area contributed by atoms with E-state index >= 15 is 0 Å². The Labute approximate surface area is 129 Å². The first-order valence-corrected chi connectivity index (χ1v) is 7.94. The fourth-order valence-corrected chi connectivity index (χ4v) is 2.41. The number of benzene rings is 1. The zero-order valence-electron chi connectivity index (χ0n) is 12.3. The van der Waals surface area contributed by atoms with Crippen LogP contribution in [0.5, 0.6) is 0 Å². The van der Waals surface area contributed by atoms with Gasteiger partial charge in [0, 0.05) is 17.0 Å². The lowest BCUT2D eigenvalue weighted by atomic mass is 10.1. The SMILES string of the molecule is CCCCOC(=O)/C=C/c1ccc(-c2csc(C)n2)cc1. The third-order valence-corrected chi connectivity index (χ3v) is 3.75. The Bertz CT molecular complexity index is 614. The summed E-state index contributed by atoms with van der Waals surface area (Å²) in [6, 6.07) is 7.97. The molecule has 1 heterocycles. The molecule has 0 saturated heterocycles. The Balaban J connectivity index is 1.94. The zero-order chi connectivity index (χ0) is 15.1. The van der Waals surface area contributed by atoms with Gasteiger partial charge in [-0.3, -0.25) is 0 Å². The van der Waals surface area contributed by atoms with Crippen molar-refractivity contribution in [3.8, 4) is 11.3 Å². The summed E-state index contributed by atoms with van der Waals surface area (Å²) in [5.41, 5.74) is 3.05. The predicted octanol–water partition coefficient (Wildman–Crippen LogP) is 4.48. The molecular weight excluding hydrogens is 282 g/mol. The number of hydrogen-bond donors (Lipinski definition) is 0. The number of unbranched alkanes of at least 4 members (excludes halogenated alkanes) is 1. The first kappa shape index (κ1) is 15.4. The Kier molecular flexibility index (Phi) is 5.69. The van der Waals surface area contributed by atoms with Crippen molar-refractivity contribution in [1.82, 2.24) is 4.98 Å². The van der Waals surface area contributed by atoms with E-state index in [9.17, 15) is 4.79 Å². The van der Waals surface area contributed by atoms with Crippen LogP contribution in [-0.2, 0) is 9.53 Å². The average molecular weight is 301 g/mol. The molecule has 0 unspecified atom stereocenters. The summed E-state index contributed by atoms with van der Waals surface area (Å²) < 4.78 is 5.07. The number of thiazole rings is 1. The van der Waals surface area contributed by atoms with Gasteiger partial charge in [-0.15, -0.1) is 11.3 Å². The molecule has 0 aliphatic rings. The van der Waals surface area contributed by atoms with Crippen molar-refractivity contribution in [3.05, 3.63) is 46.3 Å². The molecule has 110 valence electrons. The lowest BCUT2D eigenvalue weighted by Crippen LogP contribution is -2.01. The fourth-order valence-electron chi connectivity index (χ4n) is 1.79. The van der Waals surface area contributed by atoms with Gasteiger partial charge in [0.1, 0.15) is 0 Å². The van der Waals surface area contributed by atoms with Gasteiger partial charge in [-0.05, 0) is 25.0 Å². The lowest BCUT2D eigenvalue weighted by Gasteiger charge is -2.00. The van der Waals surface area contributed by atoms with Crippen molar-refractivity contribution in [2.45, 2.75) is 26.7 Å². The second kappa shape index (κ2) is 7.74. The van der Waals surface area contributed by atoms with E-state index in [1.807, 2.05) is 36.6 Å². The molecule has 0 saturated carbocycles. The van der Waals surface area contributed by atoms with Crippen molar-refractivity contribution in [2.24, 2.45) is 0 Å². The largest absolute Gasteiger partial charge is 0.463 e. The minimum atomic E-state index is -0.289. The number of esters is 1. The minimum Gasteiger partial charge on any atom is -0.463 e. The highest BCUT2D eigenvalue weighted by Gasteiger charge is 2.01. The second-order valence-corrected chi connectivity index (χ2v) is 5.79. The van der Waals surface area contributed by atoms with Crippen LogP contribution in [0, 0.1) is 6.92 Å². The van der Waals surface area contributed by atoms with Crippen molar-refractivity contribution < 1.29 is 9.53 Å². The highest BCUT2D eigenvalue weighted by Crippen LogP contribution is 2.22. The smallest absolute Gasteiger partial charge is 0.330 e. The molecule has 1 aromatic carbocycles. The second-order valence-electron chi connectivity index (χ2n) is 4.73. The van der Waals surface area contributed by atoms with Gasteiger partial charge in [0.25, 0.3) is 0 Å². The van der Waals surface area contributed by atoms with Crippen LogP contribution in [0.3, 0.4) is 0 Å². The van der Waals surface area contributed by atoms with E-state index in [1.54, 1.807) is 17.4 Å². The van der Waals surface area contributed by atoms with Crippen LogP contribution in [0.1, 0.15) is 30.3 Å². The number of ether oxygens (including phenoxy) is 1. The average Bonchev–Trinajstić information content (AvgIpc) is 2.92. The molecule has 0 aliphatic heterocycles. The first-order valence-electron chi connectivity index (χ1n) is 7.06. The highest BCUT2D eigenvalue weighted by atomic mass is 32.1. The summed E-state index contributed by atoms with van der Waals surface area (Å²) in [6.07, 6.45) is 5.16. The van der Waals surface area contributed by atoms with E-state index in [0.717, 1.165) is 34.7 Å². The van der Waals surface area contributed by atoms with Crippen molar-refractivity contribution in [3.63, 3.8) is 0 Å². The number of carbonyl (C=O) groups excluding carboxylic acids is 1. The Morgan fingerprint density at radius 1 is 1.33 bits per heavy atom. The zero-order valence-corrected chi connectivity index (χ0v) is 13.2. The van der Waals surface area contributed by atoms with Crippen LogP contribution < -0.4 is 0 Å². The molecule has 0 amide bonds. The van der Waals surface area contributed by atoms with E-state index in [-0.39, 0.29) is 5.97 Å². The van der Waals surface area contributed by atoms with E-state index in [4.69, 9.17) is 4.74 Å². The van der Waals surface area contributed by atoms with E-state index in [2.05, 4.69) is 11.9 Å². The van der Waals surface area contributed by atoms with E-state index in [0.29, 0.717) is 6.61 Å². The maximum absolute atomic E-state index is 11.5. The number of rotatable bonds is 6. The maximum Gasteiger partial charge on any atom is 0.330 e. The Morgan fingerprint density at radius 2 is 2.10 bits per heavy atom. The molecule has 2 rings (SSSR count). The molecule has 0 radical (unpaired) electrons. The minimum absolute atomic E-state index is 0.289. The standard InChI is InChI=1S/C17H19NO2S/c1-3-4-11-20-17(19)10-7-14-5-8-15(9-6-14)16-12-21-13(2)18-16/h5-10,12H,3-4,11H2,1-2H3/b10-7+. The molecule has 0 fully saturated rings. The molecule has 21 heavy (non-hydrogen) atoms. The molecular formula is C17H19NO2S. The monoisotopic (exact) mass is 301 g/mol. The van der Waals surface area contributed by atoms with E-state index in [1.165, 1.54) is 6.08 Å². The lowest BCUT2D eigenvalue weighted by molar-refractivity contribution is -0.137. The number of carbonyl (C=O) groups is 1. The van der Waals surface area contributed by atoms with Crippen molar-refractivity contribution in [2.75, 3.05) is 6.61 Å². The third kappa shape index (κ3) is 4.83. The molecule has 0 bridgehead atoms. The quantitative estimate of drug-likeness (QED) is 0.449. The van der Waals surface area contributed by atoms with Crippen LogP contribution in [-0.4, -0.2) is 17.6 Å². The molecule has 0 spiro atoms. The summed E-state index contributed by atoms with van der Waals surface area (Å²) in [6.45, 7) is 4.55. The molecule has 0 atom stereocenters. The number of aromatic nitrogens is 1. The first-order chi connectivity index (χ1) is 10.2. The normalized spacial score (nSPS) is 11.0. The van der Waals surface area contributed by atoms with Gasteiger partial charge in [-0.1, -0.05) is 37.6 Å². The summed E-state index contributed by atoms with van der Waals surface area (Å²) >= 11 is 1.64. The topological polar surface area (TPSA) is 39.2 Å². The van der Waals surface area contributed by atoms with Crippen molar-refractivity contribution in [1.29, 1.82) is 0 Å². The van der Waals surface area contributed by atoms with Gasteiger partial charge in [0.05, 0.1) is 17.3 Å². The number of hydrogen-bond acceptors (Lipinski definition) is 4. The van der Waals surface area contributed by atoms with Crippen molar-refractivity contribution >= 4 is 23.4 Å². The van der Waals surface area contributed by atoms with Crippen LogP contribution in [0.4, 0.5) is 0 Å². The summed E-state index contributed by atoms with van der Waals surface area (Å²) in [5.74, 6) is -0.289. The molecule has 0 aliphatic carbocycles. The molecule has 0 N–H and O–H groups in total. The van der Waals surface area contributed by atoms with Crippen LogP contribution in [0.25, 0.3) is 17.3 Å². The van der Waals surface area contributed by atoms with Crippen LogP contribution in [0.2, 0.25) is 0 Å². The maximum atomic E-state index is 11.5. The number of aryl methyl sites for hydroxylation is 1. The summed E-state index contributed by atoms with van der Waals surface area (Å²) in [5, 5.41) is 3.11. The van der Waals surface area contributed by atoms with Gasteiger partial charge < -0.3 is 4.74 Å². The van der Waals surface area contributed by atoms with Gasteiger partial charge >= 0.3 is 5.97 Å². The van der Waals surface area contributed by atoms with Crippen LogP contribution in [0.15, 0.2) is 35.7 Å². The highest BCUT2D eigenvalue weighted by molar-refractivity contribution is 7.09. The number of nitrogens with zero attached hydrogens (tertiary/aromatic N) is 1. The summed E-state index contributed by atoms with van der Waals surface area (Å²) in [7, 11) is 0. The predicted molar refractivity (Wildman–Crippen MR) is 87.2 cm³/mol. The molecule has 1 aromatic heterocycles. The molecule has 4 heteroatoms.